The molecule has 8 heteroatoms. The number of hydrogen-bond acceptors (Lipinski definition) is 7. The van der Waals surface area contributed by atoms with Crippen molar-refractivity contribution in [2.75, 3.05) is 32.7 Å². The molecule has 4 rings (SSSR count). The van der Waals surface area contributed by atoms with Crippen molar-refractivity contribution in [3.63, 3.8) is 0 Å². The molecule has 1 amide bonds. The number of ether oxygens (including phenoxy) is 3. The van der Waals surface area contributed by atoms with Crippen LogP contribution in [0.3, 0.4) is 0 Å². The number of amides is 1. The third kappa shape index (κ3) is 5.35. The molecule has 0 bridgehead atoms. The van der Waals surface area contributed by atoms with E-state index in [-0.39, 0.29) is 12.5 Å². The number of benzene rings is 2. The van der Waals surface area contributed by atoms with E-state index in [9.17, 15) is 9.59 Å². The van der Waals surface area contributed by atoms with E-state index in [1.807, 2.05) is 24.3 Å². The van der Waals surface area contributed by atoms with Crippen LogP contribution in [0.15, 0.2) is 54.6 Å². The first kappa shape index (κ1) is 22.8. The standard InChI is InChI=1S/C25H26N2O5S/c1-30-19-10-6-7-11-20(19)32-16-22(28)26-24-23(25(29)31-2)18-12-13-27(15-21(18)33-24)14-17-8-4-3-5-9-17/h3-11H,12-16H2,1-2H3,(H,26,28). The summed E-state index contributed by atoms with van der Waals surface area (Å²) in [5, 5.41) is 3.35. The number of nitrogens with one attached hydrogen (secondary N) is 1. The first-order valence-corrected chi connectivity index (χ1v) is 11.5. The molecule has 1 aromatic heterocycles. The number of esters is 1. The summed E-state index contributed by atoms with van der Waals surface area (Å²) in [5.74, 6) is 0.228. The van der Waals surface area contributed by atoms with Crippen LogP contribution in [-0.2, 0) is 29.0 Å². The largest absolute Gasteiger partial charge is 0.493 e. The molecule has 0 fully saturated rings. The Balaban J connectivity index is 1.47. The van der Waals surface area contributed by atoms with Gasteiger partial charge < -0.3 is 19.5 Å². The second kappa shape index (κ2) is 10.5. The third-order valence-electron chi connectivity index (χ3n) is 5.46. The molecule has 2 heterocycles. The maximum absolute atomic E-state index is 12.6. The summed E-state index contributed by atoms with van der Waals surface area (Å²) >= 11 is 1.42. The van der Waals surface area contributed by atoms with Gasteiger partial charge in [-0.15, -0.1) is 11.3 Å². The van der Waals surface area contributed by atoms with Crippen molar-refractivity contribution in [2.45, 2.75) is 19.5 Å². The number of hydrogen-bond donors (Lipinski definition) is 1. The second-order valence-corrected chi connectivity index (χ2v) is 8.74. The number of carbonyl (C=O) groups is 2. The van der Waals surface area contributed by atoms with Crippen LogP contribution in [-0.4, -0.2) is 44.1 Å². The van der Waals surface area contributed by atoms with Gasteiger partial charge in [0.2, 0.25) is 0 Å². The minimum absolute atomic E-state index is 0.205. The van der Waals surface area contributed by atoms with Gasteiger partial charge in [0.15, 0.2) is 18.1 Å². The highest BCUT2D eigenvalue weighted by Crippen LogP contribution is 2.38. The van der Waals surface area contributed by atoms with Gasteiger partial charge in [-0.05, 0) is 29.7 Å². The van der Waals surface area contributed by atoms with Gasteiger partial charge in [0.05, 0.1) is 19.8 Å². The first-order valence-electron chi connectivity index (χ1n) is 10.6. The molecule has 2 aromatic carbocycles. The second-order valence-electron chi connectivity index (χ2n) is 7.63. The Morgan fingerprint density at radius 1 is 1.03 bits per heavy atom. The molecule has 0 spiro atoms. The summed E-state index contributed by atoms with van der Waals surface area (Å²) in [6.45, 7) is 2.17. The zero-order valence-corrected chi connectivity index (χ0v) is 19.4. The van der Waals surface area contributed by atoms with Crippen molar-refractivity contribution in [3.8, 4) is 11.5 Å². The minimum atomic E-state index is -0.440. The first-order chi connectivity index (χ1) is 16.1. The Bertz CT molecular complexity index is 1130. The van der Waals surface area contributed by atoms with Crippen molar-refractivity contribution < 1.29 is 23.8 Å². The van der Waals surface area contributed by atoms with Gasteiger partial charge in [-0.2, -0.15) is 0 Å². The van der Waals surface area contributed by atoms with Gasteiger partial charge in [-0.3, -0.25) is 9.69 Å². The van der Waals surface area contributed by atoms with Crippen LogP contribution >= 0.6 is 11.3 Å². The smallest absolute Gasteiger partial charge is 0.341 e. The molecule has 7 nitrogen and oxygen atoms in total. The van der Waals surface area contributed by atoms with Crippen molar-refractivity contribution in [3.05, 3.63) is 76.2 Å². The van der Waals surface area contributed by atoms with Gasteiger partial charge in [0, 0.05) is 24.5 Å². The molecule has 0 aliphatic carbocycles. The summed E-state index contributed by atoms with van der Waals surface area (Å²) in [4.78, 5) is 28.6. The summed E-state index contributed by atoms with van der Waals surface area (Å²) in [7, 11) is 2.90. The third-order valence-corrected chi connectivity index (χ3v) is 6.59. The number of thiophene rings is 1. The maximum Gasteiger partial charge on any atom is 0.341 e. The van der Waals surface area contributed by atoms with Crippen LogP contribution in [0.4, 0.5) is 5.00 Å². The lowest BCUT2D eigenvalue weighted by atomic mass is 10.0. The van der Waals surface area contributed by atoms with Gasteiger partial charge in [0.25, 0.3) is 5.91 Å². The van der Waals surface area contributed by atoms with E-state index in [2.05, 4.69) is 22.3 Å². The van der Waals surface area contributed by atoms with Gasteiger partial charge >= 0.3 is 5.97 Å². The van der Waals surface area contributed by atoms with Gasteiger partial charge in [-0.1, -0.05) is 42.5 Å². The molecule has 0 saturated carbocycles. The highest BCUT2D eigenvalue weighted by atomic mass is 32.1. The molecule has 172 valence electrons. The average molecular weight is 467 g/mol. The molecule has 3 aromatic rings. The lowest BCUT2D eigenvalue weighted by Crippen LogP contribution is -2.29. The minimum Gasteiger partial charge on any atom is -0.493 e. The monoisotopic (exact) mass is 466 g/mol. The Labute approximate surface area is 196 Å². The SMILES string of the molecule is COC(=O)c1c(NC(=O)COc2ccccc2OC)sc2c1CCN(Cc1ccccc1)C2. The Morgan fingerprint density at radius 3 is 2.48 bits per heavy atom. The van der Waals surface area contributed by atoms with E-state index in [0.717, 1.165) is 30.0 Å². The zero-order chi connectivity index (χ0) is 23.2. The molecular formula is C25H26N2O5S. The molecular weight excluding hydrogens is 440 g/mol. The molecule has 1 aliphatic heterocycles. The van der Waals surface area contributed by atoms with E-state index >= 15 is 0 Å². The number of para-hydroxylation sites is 2. The topological polar surface area (TPSA) is 77.1 Å². The van der Waals surface area contributed by atoms with Crippen LogP contribution in [0.1, 0.15) is 26.4 Å². The van der Waals surface area contributed by atoms with Crippen LogP contribution in [0.5, 0.6) is 11.5 Å². The van der Waals surface area contributed by atoms with E-state index in [0.29, 0.717) is 28.6 Å². The fraction of sp³-hybridized carbons (Fsp3) is 0.280. The van der Waals surface area contributed by atoms with Crippen LogP contribution in [0.2, 0.25) is 0 Å². The van der Waals surface area contributed by atoms with E-state index in [4.69, 9.17) is 14.2 Å². The Kier molecular flexibility index (Phi) is 7.26. The van der Waals surface area contributed by atoms with Crippen LogP contribution < -0.4 is 14.8 Å². The number of carbonyl (C=O) groups excluding carboxylic acids is 2. The number of nitrogens with zero attached hydrogens (tertiary/aromatic N) is 1. The van der Waals surface area contributed by atoms with E-state index < -0.39 is 5.97 Å². The highest BCUT2D eigenvalue weighted by molar-refractivity contribution is 7.17. The summed E-state index contributed by atoms with van der Waals surface area (Å²) in [6.07, 6.45) is 0.719. The fourth-order valence-electron chi connectivity index (χ4n) is 3.88. The lowest BCUT2D eigenvalue weighted by Gasteiger charge is -2.27. The van der Waals surface area contributed by atoms with Crippen LogP contribution in [0, 0.1) is 0 Å². The van der Waals surface area contributed by atoms with Crippen molar-refractivity contribution in [2.24, 2.45) is 0 Å². The quantitative estimate of drug-likeness (QED) is 0.504. The molecule has 0 atom stereocenters. The summed E-state index contributed by atoms with van der Waals surface area (Å²) in [5.41, 5.74) is 2.65. The van der Waals surface area contributed by atoms with Crippen molar-refractivity contribution in [1.82, 2.24) is 4.90 Å². The predicted octanol–water partition coefficient (Wildman–Crippen LogP) is 4.12. The molecule has 0 saturated heterocycles. The molecule has 1 aliphatic rings. The number of rotatable bonds is 8. The molecule has 0 radical (unpaired) electrons. The predicted molar refractivity (Wildman–Crippen MR) is 127 cm³/mol. The fourth-order valence-corrected chi connectivity index (χ4v) is 5.18. The van der Waals surface area contributed by atoms with Crippen molar-refractivity contribution >= 4 is 28.2 Å². The normalized spacial score (nSPS) is 13.2. The highest BCUT2D eigenvalue weighted by Gasteiger charge is 2.29. The Hall–Kier alpha value is -3.36. The molecule has 1 N–H and O–H groups in total. The van der Waals surface area contributed by atoms with Gasteiger partial charge in [-0.25, -0.2) is 4.79 Å². The zero-order valence-electron chi connectivity index (χ0n) is 18.6. The average Bonchev–Trinajstić information content (AvgIpc) is 3.19. The number of fused-ring (bicyclic) bond motifs is 1. The van der Waals surface area contributed by atoms with E-state index in [1.165, 1.54) is 24.0 Å². The van der Waals surface area contributed by atoms with Crippen molar-refractivity contribution in [1.29, 1.82) is 0 Å². The maximum atomic E-state index is 12.6. The number of anilines is 1. The summed E-state index contributed by atoms with van der Waals surface area (Å²) in [6, 6.07) is 17.4. The Morgan fingerprint density at radius 2 is 1.76 bits per heavy atom. The van der Waals surface area contributed by atoms with Crippen LogP contribution in [0.25, 0.3) is 0 Å². The van der Waals surface area contributed by atoms with E-state index in [1.54, 1.807) is 25.3 Å². The summed E-state index contributed by atoms with van der Waals surface area (Å²) < 4.78 is 15.9. The number of methoxy groups -OCH3 is 2. The van der Waals surface area contributed by atoms with Gasteiger partial charge in [0.1, 0.15) is 5.00 Å². The molecule has 33 heavy (non-hydrogen) atoms. The molecule has 0 unspecified atom stereocenters. The lowest BCUT2D eigenvalue weighted by molar-refractivity contribution is -0.118.